The van der Waals surface area contributed by atoms with Crippen molar-refractivity contribution in [1.82, 2.24) is 4.90 Å². The molecule has 1 spiro atoms. The van der Waals surface area contributed by atoms with Crippen LogP contribution < -0.4 is 4.74 Å². The molecule has 0 aromatic heterocycles. The van der Waals surface area contributed by atoms with Gasteiger partial charge in [-0.25, -0.2) is 4.79 Å². The summed E-state index contributed by atoms with van der Waals surface area (Å²) in [5, 5.41) is 4.04. The van der Waals surface area contributed by atoms with Gasteiger partial charge in [-0.3, -0.25) is 4.90 Å². The fraction of sp³-hybridized carbons (Fsp3) is 0.500. The molecule has 4 aliphatic rings. The number of rotatable bonds is 2. The topological polar surface area (TPSA) is 51.1 Å². The fourth-order valence-electron chi connectivity index (χ4n) is 3.69. The Labute approximate surface area is 123 Å². The molecule has 5 nitrogen and oxygen atoms in total. The van der Waals surface area contributed by atoms with Crippen LogP contribution in [0, 0.1) is 5.92 Å². The maximum absolute atomic E-state index is 12.2. The predicted octanol–water partition coefficient (Wildman–Crippen LogP) is 1.83. The molecule has 0 aliphatic carbocycles. The summed E-state index contributed by atoms with van der Waals surface area (Å²) in [5.74, 6) is 0.655. The molecule has 5 heteroatoms. The second-order valence-electron chi connectivity index (χ2n) is 6.12. The van der Waals surface area contributed by atoms with Crippen molar-refractivity contribution in [2.45, 2.75) is 24.9 Å². The Balaban J connectivity index is 1.45. The Morgan fingerprint density at radius 2 is 2.05 bits per heavy atom. The third-order valence-electron chi connectivity index (χ3n) is 4.82. The summed E-state index contributed by atoms with van der Waals surface area (Å²) in [5.41, 5.74) is 0.120. The third-order valence-corrected chi connectivity index (χ3v) is 4.82. The molecule has 3 fully saturated rings. The number of ether oxygens (including phenoxy) is 1. The van der Waals surface area contributed by atoms with Gasteiger partial charge in [0.1, 0.15) is 5.75 Å². The number of para-hydroxylation sites is 1. The number of hydrogen-bond acceptors (Lipinski definition) is 5. The highest BCUT2D eigenvalue weighted by Gasteiger charge is 2.53. The van der Waals surface area contributed by atoms with Crippen molar-refractivity contribution in [3.8, 4) is 5.75 Å². The molecule has 21 heavy (non-hydrogen) atoms. The average molecular weight is 286 g/mol. The largest absolute Gasteiger partial charge is 0.422 e. The Morgan fingerprint density at radius 1 is 1.29 bits per heavy atom. The summed E-state index contributed by atoms with van der Waals surface area (Å²) in [6.45, 7) is 3.16. The Hall–Kier alpha value is -1.88. The van der Waals surface area contributed by atoms with Gasteiger partial charge in [0, 0.05) is 18.9 Å². The molecule has 0 radical (unpaired) electrons. The van der Waals surface area contributed by atoms with Crippen molar-refractivity contribution >= 4 is 11.7 Å². The number of benzene rings is 1. The van der Waals surface area contributed by atoms with Crippen LogP contribution in [0.25, 0.3) is 0 Å². The lowest BCUT2D eigenvalue weighted by atomic mass is 9.73. The zero-order valence-corrected chi connectivity index (χ0v) is 11.8. The van der Waals surface area contributed by atoms with E-state index in [2.05, 4.69) is 10.1 Å². The van der Waals surface area contributed by atoms with Gasteiger partial charge in [0.15, 0.2) is 11.3 Å². The van der Waals surface area contributed by atoms with E-state index in [0.717, 1.165) is 32.5 Å². The minimum atomic E-state index is -0.394. The molecule has 4 heterocycles. The van der Waals surface area contributed by atoms with Crippen molar-refractivity contribution in [3.63, 3.8) is 0 Å². The van der Waals surface area contributed by atoms with E-state index in [-0.39, 0.29) is 5.60 Å². The lowest BCUT2D eigenvalue weighted by Gasteiger charge is -2.49. The number of carbonyl (C=O) groups excluding carboxylic acids is 1. The van der Waals surface area contributed by atoms with Gasteiger partial charge in [0.05, 0.1) is 0 Å². The molecule has 0 amide bonds. The summed E-state index contributed by atoms with van der Waals surface area (Å²) in [6, 6.07) is 9.08. The van der Waals surface area contributed by atoms with Crippen molar-refractivity contribution in [3.05, 3.63) is 30.3 Å². The number of carbonyl (C=O) groups is 1. The highest BCUT2D eigenvalue weighted by atomic mass is 16.7. The van der Waals surface area contributed by atoms with Gasteiger partial charge in [0.25, 0.3) is 0 Å². The zero-order chi connectivity index (χ0) is 14.3. The van der Waals surface area contributed by atoms with Crippen LogP contribution in [0.5, 0.6) is 5.75 Å². The Kier molecular flexibility index (Phi) is 2.96. The minimum Gasteiger partial charge on any atom is -0.422 e. The fourth-order valence-corrected chi connectivity index (χ4v) is 3.69. The molecule has 5 rings (SSSR count). The quantitative estimate of drug-likeness (QED) is 0.615. The first-order valence-electron chi connectivity index (χ1n) is 7.50. The van der Waals surface area contributed by atoms with E-state index >= 15 is 0 Å². The van der Waals surface area contributed by atoms with E-state index in [0.29, 0.717) is 23.8 Å². The highest BCUT2D eigenvalue weighted by molar-refractivity contribution is 6.37. The Morgan fingerprint density at radius 3 is 2.71 bits per heavy atom. The molecule has 0 N–H and O–H groups in total. The molecule has 0 saturated carbocycles. The molecular formula is C16H18N2O3. The van der Waals surface area contributed by atoms with Gasteiger partial charge in [-0.05, 0) is 38.1 Å². The van der Waals surface area contributed by atoms with Crippen LogP contribution in [0.4, 0.5) is 0 Å². The summed E-state index contributed by atoms with van der Waals surface area (Å²) in [7, 11) is 0. The first-order valence-corrected chi connectivity index (χ1v) is 7.50. The van der Waals surface area contributed by atoms with E-state index in [9.17, 15) is 4.79 Å². The monoisotopic (exact) mass is 286 g/mol. The first-order chi connectivity index (χ1) is 10.3. The number of oxime groups is 1. The molecule has 1 atom stereocenters. The first kappa shape index (κ1) is 12.8. The number of piperidine rings is 3. The second-order valence-corrected chi connectivity index (χ2v) is 6.12. The maximum atomic E-state index is 12.2. The van der Waals surface area contributed by atoms with Crippen LogP contribution in [0.2, 0.25) is 0 Å². The lowest BCUT2D eigenvalue weighted by Crippen LogP contribution is -2.59. The van der Waals surface area contributed by atoms with Gasteiger partial charge in [0.2, 0.25) is 0 Å². The molecule has 1 unspecified atom stereocenters. The number of esters is 1. The Bertz CT molecular complexity index is 578. The van der Waals surface area contributed by atoms with Crippen LogP contribution >= 0.6 is 0 Å². The maximum Gasteiger partial charge on any atom is 0.361 e. The standard InChI is InChI=1S/C16H18N2O3/c19-15(20-13-4-2-1-3-5-13)14-10-16(21-17-14)11-18-8-6-12(16)7-9-18/h1-5,12H,6-11H2. The molecule has 1 aromatic carbocycles. The zero-order valence-electron chi connectivity index (χ0n) is 11.8. The van der Waals surface area contributed by atoms with E-state index < -0.39 is 5.97 Å². The smallest absolute Gasteiger partial charge is 0.361 e. The van der Waals surface area contributed by atoms with E-state index in [4.69, 9.17) is 9.57 Å². The molecular weight excluding hydrogens is 268 g/mol. The van der Waals surface area contributed by atoms with E-state index in [1.165, 1.54) is 0 Å². The van der Waals surface area contributed by atoms with Crippen molar-refractivity contribution in [1.29, 1.82) is 0 Å². The number of hydrogen-bond donors (Lipinski definition) is 0. The van der Waals surface area contributed by atoms with Gasteiger partial charge in [-0.1, -0.05) is 23.4 Å². The predicted molar refractivity (Wildman–Crippen MR) is 77.1 cm³/mol. The normalized spacial score (nSPS) is 33.6. The molecule has 1 aromatic rings. The van der Waals surface area contributed by atoms with Crippen LogP contribution in [0.15, 0.2) is 35.5 Å². The molecule has 4 aliphatic heterocycles. The molecule has 2 bridgehead atoms. The van der Waals surface area contributed by atoms with E-state index in [1.54, 1.807) is 12.1 Å². The average Bonchev–Trinajstić information content (AvgIpc) is 2.93. The third kappa shape index (κ3) is 2.21. The number of nitrogens with zero attached hydrogens (tertiary/aromatic N) is 2. The summed E-state index contributed by atoms with van der Waals surface area (Å²) in [6.07, 6.45) is 2.84. The molecule has 3 saturated heterocycles. The van der Waals surface area contributed by atoms with Crippen molar-refractivity contribution < 1.29 is 14.4 Å². The second kappa shape index (κ2) is 4.84. The van der Waals surface area contributed by atoms with Crippen LogP contribution in [-0.4, -0.2) is 41.8 Å². The van der Waals surface area contributed by atoms with E-state index in [1.807, 2.05) is 18.2 Å². The van der Waals surface area contributed by atoms with Crippen LogP contribution in [-0.2, 0) is 9.63 Å². The number of fused-ring (bicyclic) bond motifs is 2. The van der Waals surface area contributed by atoms with Gasteiger partial charge >= 0.3 is 5.97 Å². The lowest BCUT2D eigenvalue weighted by molar-refractivity contribution is -0.136. The SMILES string of the molecule is O=C(Oc1ccccc1)C1=NOC2(C1)CN1CCC2CC1. The highest BCUT2D eigenvalue weighted by Crippen LogP contribution is 2.43. The van der Waals surface area contributed by atoms with Crippen LogP contribution in [0.1, 0.15) is 19.3 Å². The summed E-state index contributed by atoms with van der Waals surface area (Å²) in [4.78, 5) is 20.3. The van der Waals surface area contributed by atoms with Gasteiger partial charge in [-0.15, -0.1) is 0 Å². The summed E-state index contributed by atoms with van der Waals surface area (Å²) >= 11 is 0. The van der Waals surface area contributed by atoms with Gasteiger partial charge in [-0.2, -0.15) is 0 Å². The summed E-state index contributed by atoms with van der Waals surface area (Å²) < 4.78 is 5.35. The van der Waals surface area contributed by atoms with Crippen LogP contribution in [0.3, 0.4) is 0 Å². The van der Waals surface area contributed by atoms with Crippen molar-refractivity contribution in [2.24, 2.45) is 11.1 Å². The minimum absolute atomic E-state index is 0.290. The molecule has 110 valence electrons. The van der Waals surface area contributed by atoms with Crippen molar-refractivity contribution in [2.75, 3.05) is 19.6 Å². The van der Waals surface area contributed by atoms with Gasteiger partial charge < -0.3 is 9.57 Å².